The van der Waals surface area contributed by atoms with Crippen molar-refractivity contribution in [3.8, 4) is 28.5 Å². The van der Waals surface area contributed by atoms with Crippen LogP contribution in [0.2, 0.25) is 0 Å². The van der Waals surface area contributed by atoms with E-state index in [1.807, 2.05) is 36.4 Å². The van der Waals surface area contributed by atoms with Crippen LogP contribution in [0, 0.1) is 11.3 Å². The molecule has 0 saturated heterocycles. The average Bonchev–Trinajstić information content (AvgIpc) is 2.79. The molecule has 140 valence electrons. The van der Waals surface area contributed by atoms with E-state index in [0.29, 0.717) is 11.6 Å². The van der Waals surface area contributed by atoms with Gasteiger partial charge in [-0.2, -0.15) is 5.26 Å². The molecule has 3 nitrogen and oxygen atoms in total. The highest BCUT2D eigenvalue weighted by Crippen LogP contribution is 2.35. The number of nitriles is 1. The number of pyridine rings is 1. The number of hydrogen-bond donors (Lipinski definition) is 0. The van der Waals surface area contributed by atoms with Crippen LogP contribution >= 0.6 is 0 Å². The maximum atomic E-state index is 10.1. The van der Waals surface area contributed by atoms with Gasteiger partial charge in [0.15, 0.2) is 0 Å². The van der Waals surface area contributed by atoms with Crippen molar-refractivity contribution >= 4 is 5.82 Å². The van der Waals surface area contributed by atoms with E-state index in [0.717, 1.165) is 28.2 Å². The maximum absolute atomic E-state index is 10.1. The second-order valence-corrected chi connectivity index (χ2v) is 7.50. The molecule has 0 atom stereocenters. The molecule has 1 saturated carbocycles. The Morgan fingerprint density at radius 1 is 0.893 bits per heavy atom. The minimum absolute atomic E-state index is 0.447. The molecule has 0 unspecified atom stereocenters. The highest BCUT2D eigenvalue weighted by atomic mass is 15.2. The smallest absolute Gasteiger partial charge is 0.147 e. The zero-order valence-corrected chi connectivity index (χ0v) is 16.3. The molecule has 28 heavy (non-hydrogen) atoms. The third kappa shape index (κ3) is 3.64. The van der Waals surface area contributed by atoms with Crippen molar-refractivity contribution < 1.29 is 0 Å². The van der Waals surface area contributed by atoms with E-state index in [4.69, 9.17) is 4.98 Å². The number of anilines is 1. The summed E-state index contributed by atoms with van der Waals surface area (Å²) in [4.78, 5) is 7.23. The van der Waals surface area contributed by atoms with E-state index < -0.39 is 0 Å². The Hall–Kier alpha value is -3.12. The standard InChI is InChI=1S/C25H25N3/c1-28(21-15-9-4-10-16-21)25-23(18-26)22(19-11-5-2-6-12-19)17-24(27-25)20-13-7-3-8-14-20/h2-3,5-8,11-14,17,21H,4,9-10,15-16H2,1H3. The fourth-order valence-electron chi connectivity index (χ4n) is 4.14. The quantitative estimate of drug-likeness (QED) is 0.563. The second-order valence-electron chi connectivity index (χ2n) is 7.50. The minimum atomic E-state index is 0.447. The summed E-state index contributed by atoms with van der Waals surface area (Å²) in [5.41, 5.74) is 4.66. The molecular formula is C25H25N3. The fraction of sp³-hybridized carbons (Fsp3) is 0.280. The molecule has 0 spiro atoms. The highest BCUT2D eigenvalue weighted by Gasteiger charge is 2.24. The lowest BCUT2D eigenvalue weighted by Gasteiger charge is -2.33. The molecule has 4 rings (SSSR count). The zero-order valence-electron chi connectivity index (χ0n) is 16.3. The molecule has 0 bridgehead atoms. The van der Waals surface area contributed by atoms with Crippen molar-refractivity contribution in [3.05, 3.63) is 72.3 Å². The van der Waals surface area contributed by atoms with Crippen LogP contribution in [-0.4, -0.2) is 18.1 Å². The Bertz CT molecular complexity index is 968. The molecule has 0 N–H and O–H groups in total. The van der Waals surface area contributed by atoms with Crippen LogP contribution in [0.3, 0.4) is 0 Å². The van der Waals surface area contributed by atoms with Crippen LogP contribution < -0.4 is 4.90 Å². The molecule has 1 heterocycles. The third-order valence-corrected chi connectivity index (χ3v) is 5.72. The van der Waals surface area contributed by atoms with Crippen molar-refractivity contribution in [2.24, 2.45) is 0 Å². The number of benzene rings is 2. The van der Waals surface area contributed by atoms with Crippen LogP contribution in [0.25, 0.3) is 22.4 Å². The lowest BCUT2D eigenvalue weighted by atomic mass is 9.93. The molecule has 2 aromatic carbocycles. The summed E-state index contributed by atoms with van der Waals surface area (Å²) in [7, 11) is 2.10. The second kappa shape index (κ2) is 8.27. The lowest BCUT2D eigenvalue weighted by molar-refractivity contribution is 0.426. The molecular weight excluding hydrogens is 342 g/mol. The first-order valence-corrected chi connectivity index (χ1v) is 10.1. The van der Waals surface area contributed by atoms with Gasteiger partial charge in [-0.3, -0.25) is 0 Å². The van der Waals surface area contributed by atoms with Gasteiger partial charge in [-0.25, -0.2) is 4.98 Å². The Kier molecular flexibility index (Phi) is 5.39. The topological polar surface area (TPSA) is 39.9 Å². The van der Waals surface area contributed by atoms with Gasteiger partial charge in [-0.1, -0.05) is 79.9 Å². The number of nitrogens with zero attached hydrogens (tertiary/aromatic N) is 3. The van der Waals surface area contributed by atoms with Crippen molar-refractivity contribution in [1.82, 2.24) is 4.98 Å². The SMILES string of the molecule is CN(c1nc(-c2ccccc2)cc(-c2ccccc2)c1C#N)C1CCCCC1. The van der Waals surface area contributed by atoms with E-state index in [9.17, 15) is 5.26 Å². The first-order chi connectivity index (χ1) is 13.8. The molecule has 1 aliphatic carbocycles. The third-order valence-electron chi connectivity index (χ3n) is 5.72. The molecule has 1 aliphatic rings. The normalized spacial score (nSPS) is 14.4. The van der Waals surface area contributed by atoms with E-state index in [1.54, 1.807) is 0 Å². The minimum Gasteiger partial charge on any atom is -0.356 e. The first kappa shape index (κ1) is 18.3. The van der Waals surface area contributed by atoms with Crippen molar-refractivity contribution in [2.75, 3.05) is 11.9 Å². The predicted molar refractivity (Wildman–Crippen MR) is 115 cm³/mol. The molecule has 1 fully saturated rings. The van der Waals surface area contributed by atoms with Gasteiger partial charge in [0, 0.05) is 24.2 Å². The predicted octanol–water partition coefficient (Wildman–Crippen LogP) is 6.06. The van der Waals surface area contributed by atoms with E-state index in [1.165, 1.54) is 32.1 Å². The Balaban J connectivity index is 1.89. The number of rotatable bonds is 4. The highest BCUT2D eigenvalue weighted by molar-refractivity contribution is 5.81. The first-order valence-electron chi connectivity index (χ1n) is 10.1. The van der Waals surface area contributed by atoms with E-state index in [-0.39, 0.29) is 0 Å². The van der Waals surface area contributed by atoms with E-state index >= 15 is 0 Å². The fourth-order valence-corrected chi connectivity index (χ4v) is 4.14. The molecule has 0 amide bonds. The van der Waals surface area contributed by atoms with Gasteiger partial charge in [0.2, 0.25) is 0 Å². The average molecular weight is 367 g/mol. The largest absolute Gasteiger partial charge is 0.356 e. The zero-order chi connectivity index (χ0) is 19.3. The van der Waals surface area contributed by atoms with Crippen molar-refractivity contribution in [2.45, 2.75) is 38.1 Å². The summed E-state index contributed by atoms with van der Waals surface area (Å²) in [6.07, 6.45) is 6.14. The Labute approximate surface area is 167 Å². The van der Waals surface area contributed by atoms with Crippen molar-refractivity contribution in [3.63, 3.8) is 0 Å². The van der Waals surface area contributed by atoms with Crippen LogP contribution in [-0.2, 0) is 0 Å². The van der Waals surface area contributed by atoms with Gasteiger partial charge >= 0.3 is 0 Å². The van der Waals surface area contributed by atoms with Crippen molar-refractivity contribution in [1.29, 1.82) is 5.26 Å². The van der Waals surface area contributed by atoms with Gasteiger partial charge < -0.3 is 4.90 Å². The van der Waals surface area contributed by atoms with Crippen LogP contribution in [0.4, 0.5) is 5.82 Å². The van der Waals surface area contributed by atoms with Gasteiger partial charge in [-0.15, -0.1) is 0 Å². The van der Waals surface area contributed by atoms with Gasteiger partial charge in [-0.05, 0) is 24.5 Å². The molecule has 0 radical (unpaired) electrons. The molecule has 3 heteroatoms. The van der Waals surface area contributed by atoms with E-state index in [2.05, 4.69) is 48.3 Å². The van der Waals surface area contributed by atoms with Crippen LogP contribution in [0.5, 0.6) is 0 Å². The van der Waals surface area contributed by atoms with Crippen LogP contribution in [0.1, 0.15) is 37.7 Å². The number of hydrogen-bond acceptors (Lipinski definition) is 3. The molecule has 3 aromatic rings. The maximum Gasteiger partial charge on any atom is 0.147 e. The van der Waals surface area contributed by atoms with Crippen LogP contribution in [0.15, 0.2) is 66.7 Å². The summed E-state index contributed by atoms with van der Waals surface area (Å²) < 4.78 is 0. The van der Waals surface area contributed by atoms with Gasteiger partial charge in [0.25, 0.3) is 0 Å². The summed E-state index contributed by atoms with van der Waals surface area (Å²) in [5.74, 6) is 0.801. The van der Waals surface area contributed by atoms with Gasteiger partial charge in [0.1, 0.15) is 17.5 Å². The monoisotopic (exact) mass is 367 g/mol. The Morgan fingerprint density at radius 2 is 1.50 bits per heavy atom. The number of aromatic nitrogens is 1. The lowest BCUT2D eigenvalue weighted by Crippen LogP contribution is -2.34. The summed E-state index contributed by atoms with van der Waals surface area (Å²) >= 11 is 0. The molecule has 1 aromatic heterocycles. The summed E-state index contributed by atoms with van der Waals surface area (Å²) in [6.45, 7) is 0. The summed E-state index contributed by atoms with van der Waals surface area (Å²) in [6, 6.07) is 25.4. The van der Waals surface area contributed by atoms with Gasteiger partial charge in [0.05, 0.1) is 5.69 Å². The Morgan fingerprint density at radius 3 is 2.11 bits per heavy atom. The summed E-state index contributed by atoms with van der Waals surface area (Å²) in [5, 5.41) is 10.1. The molecule has 0 aliphatic heterocycles.